The molecule has 3 fully saturated rings. The number of aromatic nitrogens is 1. The van der Waals surface area contributed by atoms with Crippen LogP contribution in [0.15, 0.2) is 4.52 Å². The quantitative estimate of drug-likeness (QED) is 0.841. The Balaban J connectivity index is 1.36. The van der Waals surface area contributed by atoms with E-state index in [0.717, 1.165) is 23.9 Å². The van der Waals surface area contributed by atoms with Gasteiger partial charge in [0.25, 0.3) is 0 Å². The van der Waals surface area contributed by atoms with Crippen LogP contribution in [0.5, 0.6) is 0 Å². The minimum absolute atomic E-state index is 0.551. The van der Waals surface area contributed by atoms with Gasteiger partial charge in [-0.3, -0.25) is 4.90 Å². The second-order valence-corrected chi connectivity index (χ2v) is 8.75. The minimum Gasteiger partial charge on any atom is -0.361 e. The summed E-state index contributed by atoms with van der Waals surface area (Å²) in [6.45, 7) is 11.7. The summed E-state index contributed by atoms with van der Waals surface area (Å²) in [5, 5.41) is 4.13. The second-order valence-electron chi connectivity index (χ2n) is 8.75. The third kappa shape index (κ3) is 3.41. The first-order valence-corrected chi connectivity index (χ1v) is 10.0. The van der Waals surface area contributed by atoms with Gasteiger partial charge in [0.15, 0.2) is 0 Å². The molecule has 4 rings (SSSR count). The first kappa shape index (κ1) is 16.6. The Morgan fingerprint density at radius 3 is 2.58 bits per heavy atom. The van der Waals surface area contributed by atoms with Crippen molar-refractivity contribution in [3.05, 3.63) is 17.0 Å². The van der Waals surface area contributed by atoms with Crippen molar-refractivity contribution in [2.45, 2.75) is 65.3 Å². The Hall–Kier alpha value is -0.870. The van der Waals surface area contributed by atoms with Crippen LogP contribution in [-0.4, -0.2) is 47.7 Å². The highest BCUT2D eigenvalue weighted by atomic mass is 16.5. The summed E-state index contributed by atoms with van der Waals surface area (Å²) in [6, 6.07) is 0. The van der Waals surface area contributed by atoms with Crippen LogP contribution >= 0.6 is 0 Å². The van der Waals surface area contributed by atoms with Crippen molar-refractivity contribution in [3.8, 4) is 0 Å². The Kier molecular flexibility index (Phi) is 4.70. The van der Waals surface area contributed by atoms with Gasteiger partial charge < -0.3 is 9.42 Å². The predicted molar refractivity (Wildman–Crippen MR) is 95.9 cm³/mol. The molecule has 0 N–H and O–H groups in total. The fourth-order valence-corrected chi connectivity index (χ4v) is 5.47. The number of nitrogens with zero attached hydrogens (tertiary/aromatic N) is 3. The monoisotopic (exact) mass is 331 g/mol. The van der Waals surface area contributed by atoms with Crippen LogP contribution in [0.4, 0.5) is 0 Å². The molecule has 4 heteroatoms. The zero-order chi connectivity index (χ0) is 16.6. The molecule has 2 saturated heterocycles. The average Bonchev–Trinajstić information content (AvgIpc) is 3.27. The van der Waals surface area contributed by atoms with Crippen LogP contribution in [0.2, 0.25) is 0 Å². The molecule has 1 atom stereocenters. The van der Waals surface area contributed by atoms with Crippen LogP contribution in [0.25, 0.3) is 0 Å². The number of rotatable bonds is 4. The summed E-state index contributed by atoms with van der Waals surface area (Å²) < 4.78 is 5.36. The Labute approximate surface area is 146 Å². The Bertz CT molecular complexity index is 544. The minimum atomic E-state index is 0.551. The smallest absolute Gasteiger partial charge is 0.138 e. The topological polar surface area (TPSA) is 32.5 Å². The van der Waals surface area contributed by atoms with Crippen LogP contribution in [-0.2, 0) is 6.54 Å². The lowest BCUT2D eigenvalue weighted by Gasteiger charge is -2.40. The summed E-state index contributed by atoms with van der Waals surface area (Å²) >= 11 is 0. The highest BCUT2D eigenvalue weighted by Gasteiger charge is 2.41. The molecular formula is C20H33N3O. The predicted octanol–water partition coefficient (Wildman–Crippen LogP) is 3.77. The molecule has 1 aromatic rings. The van der Waals surface area contributed by atoms with E-state index in [1.807, 2.05) is 6.92 Å². The SMILES string of the molecule is Cc1noc(C)c1CN1CCC[C@@]2(CCN(CC3CCCC3)C2)C1. The van der Waals surface area contributed by atoms with E-state index in [2.05, 4.69) is 21.9 Å². The highest BCUT2D eigenvalue weighted by molar-refractivity contribution is 5.20. The molecule has 2 aliphatic heterocycles. The lowest BCUT2D eigenvalue weighted by molar-refractivity contribution is 0.0851. The first-order valence-electron chi connectivity index (χ1n) is 10.0. The van der Waals surface area contributed by atoms with E-state index in [0.29, 0.717) is 5.41 Å². The standard InChI is InChI=1S/C20H33N3O/c1-16-19(17(2)24-21-16)13-22-10-5-8-20(14-22)9-11-23(15-20)12-18-6-3-4-7-18/h18H,3-15H2,1-2H3/t20-/m1/s1. The van der Waals surface area contributed by atoms with Crippen LogP contribution < -0.4 is 0 Å². The molecule has 3 heterocycles. The lowest BCUT2D eigenvalue weighted by Crippen LogP contribution is -2.44. The number of likely N-dealkylation sites (tertiary alicyclic amines) is 2. The van der Waals surface area contributed by atoms with Gasteiger partial charge in [-0.15, -0.1) is 0 Å². The Morgan fingerprint density at radius 2 is 1.83 bits per heavy atom. The van der Waals surface area contributed by atoms with Crippen LogP contribution in [0.1, 0.15) is 62.0 Å². The number of hydrogen-bond acceptors (Lipinski definition) is 4. The van der Waals surface area contributed by atoms with Crippen molar-refractivity contribution in [1.82, 2.24) is 15.0 Å². The maximum Gasteiger partial charge on any atom is 0.138 e. The molecule has 0 radical (unpaired) electrons. The van der Waals surface area contributed by atoms with E-state index in [9.17, 15) is 0 Å². The summed E-state index contributed by atoms with van der Waals surface area (Å²) in [5.41, 5.74) is 2.93. The number of hydrogen-bond donors (Lipinski definition) is 0. The van der Waals surface area contributed by atoms with Gasteiger partial charge in [0.05, 0.1) is 5.69 Å². The summed E-state index contributed by atoms with van der Waals surface area (Å²) in [7, 11) is 0. The maximum atomic E-state index is 5.36. The van der Waals surface area contributed by atoms with E-state index in [4.69, 9.17) is 4.52 Å². The summed E-state index contributed by atoms with van der Waals surface area (Å²) in [5.74, 6) is 1.99. The molecule has 24 heavy (non-hydrogen) atoms. The lowest BCUT2D eigenvalue weighted by atomic mass is 9.79. The van der Waals surface area contributed by atoms with Crippen molar-refractivity contribution in [2.75, 3.05) is 32.7 Å². The van der Waals surface area contributed by atoms with Crippen molar-refractivity contribution in [1.29, 1.82) is 0 Å². The van der Waals surface area contributed by atoms with Gasteiger partial charge in [0.1, 0.15) is 5.76 Å². The van der Waals surface area contributed by atoms with E-state index >= 15 is 0 Å². The fourth-order valence-electron chi connectivity index (χ4n) is 5.47. The van der Waals surface area contributed by atoms with Crippen LogP contribution in [0, 0.1) is 25.2 Å². The van der Waals surface area contributed by atoms with Crippen molar-refractivity contribution < 1.29 is 4.52 Å². The number of aryl methyl sites for hydroxylation is 2. The van der Waals surface area contributed by atoms with Crippen molar-refractivity contribution >= 4 is 0 Å². The molecule has 1 spiro atoms. The zero-order valence-corrected chi connectivity index (χ0v) is 15.5. The maximum absolute atomic E-state index is 5.36. The molecule has 0 aromatic carbocycles. The molecule has 4 nitrogen and oxygen atoms in total. The number of piperidine rings is 1. The van der Waals surface area contributed by atoms with Crippen molar-refractivity contribution in [2.24, 2.45) is 11.3 Å². The zero-order valence-electron chi connectivity index (χ0n) is 15.5. The normalized spacial score (nSPS) is 29.9. The third-order valence-corrected chi connectivity index (χ3v) is 6.81. The molecule has 1 aromatic heterocycles. The van der Waals surface area contributed by atoms with Gasteiger partial charge in [-0.25, -0.2) is 0 Å². The molecule has 3 aliphatic rings. The van der Waals surface area contributed by atoms with Gasteiger partial charge in [-0.1, -0.05) is 18.0 Å². The largest absolute Gasteiger partial charge is 0.361 e. The van der Waals surface area contributed by atoms with Gasteiger partial charge in [-0.05, 0) is 70.4 Å². The van der Waals surface area contributed by atoms with Crippen LogP contribution in [0.3, 0.4) is 0 Å². The highest BCUT2D eigenvalue weighted by Crippen LogP contribution is 2.40. The molecule has 1 aliphatic carbocycles. The van der Waals surface area contributed by atoms with Crippen molar-refractivity contribution in [3.63, 3.8) is 0 Å². The molecule has 0 unspecified atom stereocenters. The Morgan fingerprint density at radius 1 is 1.04 bits per heavy atom. The van der Waals surface area contributed by atoms with E-state index < -0.39 is 0 Å². The van der Waals surface area contributed by atoms with E-state index in [-0.39, 0.29) is 0 Å². The molecular weight excluding hydrogens is 298 g/mol. The van der Waals surface area contributed by atoms with Gasteiger partial charge in [0, 0.05) is 31.7 Å². The molecule has 1 saturated carbocycles. The molecule has 134 valence electrons. The fraction of sp³-hybridized carbons (Fsp3) is 0.850. The average molecular weight is 332 g/mol. The van der Waals surface area contributed by atoms with Gasteiger partial charge in [-0.2, -0.15) is 0 Å². The van der Waals surface area contributed by atoms with E-state index in [1.165, 1.54) is 83.2 Å². The van der Waals surface area contributed by atoms with Gasteiger partial charge >= 0.3 is 0 Å². The first-order chi connectivity index (χ1) is 11.6. The second kappa shape index (κ2) is 6.80. The van der Waals surface area contributed by atoms with E-state index in [1.54, 1.807) is 0 Å². The molecule has 0 amide bonds. The summed E-state index contributed by atoms with van der Waals surface area (Å²) in [6.07, 6.45) is 10.1. The summed E-state index contributed by atoms with van der Waals surface area (Å²) in [4.78, 5) is 5.45. The van der Waals surface area contributed by atoms with Gasteiger partial charge in [0.2, 0.25) is 0 Å². The third-order valence-electron chi connectivity index (χ3n) is 6.81. The molecule has 0 bridgehead atoms.